The number of nitrogens with one attached hydrogen (secondary N) is 1. The molecule has 1 N–H and O–H groups in total. The van der Waals surface area contributed by atoms with Crippen LogP contribution in [0.4, 0.5) is 0 Å². The van der Waals surface area contributed by atoms with Crippen LogP contribution < -0.4 is 10.1 Å². The van der Waals surface area contributed by atoms with E-state index in [0.717, 1.165) is 22.4 Å². The standard InChI is InChI=1S/C22H30N2O4S/c1-15(2)20-12-7-16(3)13-21(20)28-17(4)22(25)23-14-18-8-10-19(11-9-18)29(26,27)24(5)6/h7-13,15,17H,14H2,1-6H3,(H,23,25). The number of hydrogen-bond donors (Lipinski definition) is 1. The lowest BCUT2D eigenvalue weighted by Crippen LogP contribution is -2.36. The molecule has 0 aliphatic carbocycles. The second-order valence-corrected chi connectivity index (χ2v) is 9.76. The second kappa shape index (κ2) is 9.41. The van der Waals surface area contributed by atoms with E-state index < -0.39 is 16.1 Å². The van der Waals surface area contributed by atoms with Crippen LogP contribution in [0.15, 0.2) is 47.4 Å². The highest BCUT2D eigenvalue weighted by atomic mass is 32.2. The number of nitrogens with zero attached hydrogens (tertiary/aromatic N) is 1. The van der Waals surface area contributed by atoms with Crippen LogP contribution in [0.5, 0.6) is 5.75 Å². The zero-order chi connectivity index (χ0) is 21.8. The van der Waals surface area contributed by atoms with E-state index in [-0.39, 0.29) is 16.7 Å². The van der Waals surface area contributed by atoms with Crippen LogP contribution in [-0.4, -0.2) is 38.8 Å². The molecule has 0 aliphatic rings. The lowest BCUT2D eigenvalue weighted by molar-refractivity contribution is -0.127. The van der Waals surface area contributed by atoms with E-state index in [4.69, 9.17) is 4.74 Å². The van der Waals surface area contributed by atoms with Crippen LogP contribution in [0.2, 0.25) is 0 Å². The average Bonchev–Trinajstić information content (AvgIpc) is 2.66. The van der Waals surface area contributed by atoms with Gasteiger partial charge >= 0.3 is 0 Å². The highest BCUT2D eigenvalue weighted by Crippen LogP contribution is 2.28. The second-order valence-electron chi connectivity index (χ2n) is 7.61. The Bertz CT molecular complexity index is 951. The Balaban J connectivity index is 2.00. The molecule has 1 unspecified atom stereocenters. The summed E-state index contributed by atoms with van der Waals surface area (Å²) < 4.78 is 31.3. The minimum atomic E-state index is -3.46. The van der Waals surface area contributed by atoms with Crippen LogP contribution in [-0.2, 0) is 21.4 Å². The summed E-state index contributed by atoms with van der Waals surface area (Å²) in [6.45, 7) is 8.17. The van der Waals surface area contributed by atoms with Gasteiger partial charge in [0.05, 0.1) is 4.90 Å². The van der Waals surface area contributed by atoms with Gasteiger partial charge in [-0.05, 0) is 54.7 Å². The van der Waals surface area contributed by atoms with Crippen LogP contribution >= 0.6 is 0 Å². The van der Waals surface area contributed by atoms with E-state index in [1.54, 1.807) is 31.2 Å². The molecule has 7 heteroatoms. The quantitative estimate of drug-likeness (QED) is 0.712. The van der Waals surface area contributed by atoms with Gasteiger partial charge in [-0.1, -0.05) is 38.1 Å². The van der Waals surface area contributed by atoms with Gasteiger partial charge in [-0.3, -0.25) is 4.79 Å². The molecule has 1 atom stereocenters. The number of aryl methyl sites for hydroxylation is 1. The van der Waals surface area contributed by atoms with E-state index in [2.05, 4.69) is 19.2 Å². The molecular weight excluding hydrogens is 388 g/mol. The first kappa shape index (κ1) is 22.9. The highest BCUT2D eigenvalue weighted by Gasteiger charge is 2.19. The molecule has 0 saturated heterocycles. The lowest BCUT2D eigenvalue weighted by Gasteiger charge is -2.19. The molecule has 29 heavy (non-hydrogen) atoms. The van der Waals surface area contributed by atoms with E-state index >= 15 is 0 Å². The Morgan fingerprint density at radius 3 is 2.24 bits per heavy atom. The molecule has 6 nitrogen and oxygen atoms in total. The summed E-state index contributed by atoms with van der Waals surface area (Å²) in [5.41, 5.74) is 2.94. The monoisotopic (exact) mass is 418 g/mol. The van der Waals surface area contributed by atoms with Crippen LogP contribution in [0.1, 0.15) is 43.4 Å². The van der Waals surface area contributed by atoms with Gasteiger partial charge in [0, 0.05) is 20.6 Å². The van der Waals surface area contributed by atoms with Crippen molar-refractivity contribution in [2.24, 2.45) is 0 Å². The molecule has 158 valence electrons. The molecule has 1 amide bonds. The number of rotatable bonds is 8. The van der Waals surface area contributed by atoms with Crippen LogP contribution in [0.3, 0.4) is 0 Å². The normalized spacial score (nSPS) is 12.8. The minimum Gasteiger partial charge on any atom is -0.481 e. The Kier molecular flexibility index (Phi) is 7.43. The maximum atomic E-state index is 12.5. The van der Waals surface area contributed by atoms with Crippen molar-refractivity contribution in [3.63, 3.8) is 0 Å². The average molecular weight is 419 g/mol. The third kappa shape index (κ3) is 5.81. The van der Waals surface area contributed by atoms with Gasteiger partial charge in [0.1, 0.15) is 5.75 Å². The molecule has 0 bridgehead atoms. The SMILES string of the molecule is Cc1ccc(C(C)C)c(OC(C)C(=O)NCc2ccc(S(=O)(=O)N(C)C)cc2)c1. The molecule has 0 heterocycles. The third-order valence-electron chi connectivity index (χ3n) is 4.63. The summed E-state index contributed by atoms with van der Waals surface area (Å²) in [7, 11) is -0.482. The fraction of sp³-hybridized carbons (Fsp3) is 0.409. The Morgan fingerprint density at radius 2 is 1.69 bits per heavy atom. The largest absolute Gasteiger partial charge is 0.481 e. The van der Waals surface area contributed by atoms with Crippen LogP contribution in [0, 0.1) is 6.92 Å². The lowest BCUT2D eigenvalue weighted by atomic mass is 10.0. The highest BCUT2D eigenvalue weighted by molar-refractivity contribution is 7.89. The Morgan fingerprint density at radius 1 is 1.07 bits per heavy atom. The van der Waals surface area contributed by atoms with Crippen molar-refractivity contribution in [2.75, 3.05) is 14.1 Å². The van der Waals surface area contributed by atoms with Crippen molar-refractivity contribution >= 4 is 15.9 Å². The van der Waals surface area contributed by atoms with Crippen molar-refractivity contribution < 1.29 is 17.9 Å². The number of hydrogen-bond acceptors (Lipinski definition) is 4. The van der Waals surface area contributed by atoms with Crippen molar-refractivity contribution in [2.45, 2.75) is 51.2 Å². The van der Waals surface area contributed by atoms with Gasteiger partial charge in [-0.2, -0.15) is 0 Å². The van der Waals surface area contributed by atoms with Gasteiger partial charge in [-0.15, -0.1) is 0 Å². The van der Waals surface area contributed by atoms with Crippen molar-refractivity contribution in [1.82, 2.24) is 9.62 Å². The fourth-order valence-corrected chi connectivity index (χ4v) is 3.69. The van der Waals surface area contributed by atoms with E-state index in [1.807, 2.05) is 25.1 Å². The van der Waals surface area contributed by atoms with Crippen molar-refractivity contribution in [3.05, 3.63) is 59.2 Å². The van der Waals surface area contributed by atoms with Crippen LogP contribution in [0.25, 0.3) is 0 Å². The van der Waals surface area contributed by atoms with E-state index in [1.165, 1.54) is 18.4 Å². The molecule has 0 radical (unpaired) electrons. The zero-order valence-corrected chi connectivity index (χ0v) is 18.7. The number of ether oxygens (including phenoxy) is 1. The maximum Gasteiger partial charge on any atom is 0.261 e. The molecule has 0 fully saturated rings. The number of benzene rings is 2. The summed E-state index contributed by atoms with van der Waals surface area (Å²) in [4.78, 5) is 12.7. The first-order valence-corrected chi connectivity index (χ1v) is 11.0. The number of carbonyl (C=O) groups is 1. The summed E-state index contributed by atoms with van der Waals surface area (Å²) in [5, 5.41) is 2.84. The van der Waals surface area contributed by atoms with Gasteiger partial charge in [0.15, 0.2) is 6.10 Å². The number of amides is 1. The molecule has 0 aromatic heterocycles. The first-order valence-electron chi connectivity index (χ1n) is 9.58. The molecule has 2 aromatic carbocycles. The van der Waals surface area contributed by atoms with E-state index in [0.29, 0.717) is 6.54 Å². The van der Waals surface area contributed by atoms with Gasteiger partial charge in [0.25, 0.3) is 5.91 Å². The third-order valence-corrected chi connectivity index (χ3v) is 6.46. The topological polar surface area (TPSA) is 75.7 Å². The summed E-state index contributed by atoms with van der Waals surface area (Å²) in [5.74, 6) is 0.782. The van der Waals surface area contributed by atoms with Gasteiger partial charge in [-0.25, -0.2) is 12.7 Å². The Hall–Kier alpha value is -2.38. The minimum absolute atomic E-state index is 0.218. The smallest absolute Gasteiger partial charge is 0.261 e. The van der Waals surface area contributed by atoms with E-state index in [9.17, 15) is 13.2 Å². The molecule has 2 aromatic rings. The molecule has 0 spiro atoms. The predicted molar refractivity (Wildman–Crippen MR) is 115 cm³/mol. The summed E-state index contributed by atoms with van der Waals surface area (Å²) in [6, 6.07) is 12.5. The van der Waals surface area contributed by atoms with Gasteiger partial charge < -0.3 is 10.1 Å². The zero-order valence-electron chi connectivity index (χ0n) is 17.9. The maximum absolute atomic E-state index is 12.5. The van der Waals surface area contributed by atoms with Gasteiger partial charge in [0.2, 0.25) is 10.0 Å². The van der Waals surface area contributed by atoms with Crippen molar-refractivity contribution in [3.8, 4) is 5.75 Å². The first-order chi connectivity index (χ1) is 13.5. The fourth-order valence-electron chi connectivity index (χ4n) is 2.79. The number of sulfonamides is 1. The number of carbonyl (C=O) groups excluding carboxylic acids is 1. The van der Waals surface area contributed by atoms with Crippen molar-refractivity contribution in [1.29, 1.82) is 0 Å². The molecule has 2 rings (SSSR count). The summed E-state index contributed by atoms with van der Waals surface area (Å²) >= 11 is 0. The molecular formula is C22H30N2O4S. The Labute approximate surface area is 173 Å². The summed E-state index contributed by atoms with van der Waals surface area (Å²) in [6.07, 6.45) is -0.650. The predicted octanol–water partition coefficient (Wildman–Crippen LogP) is 3.45. The molecule has 0 saturated carbocycles. The molecule has 0 aliphatic heterocycles.